The number of anilines is 1. The highest BCUT2D eigenvalue weighted by atomic mass is 32.1. The standard InChI is InChI=1S/C15H19N7O2S/c1-21-6-4-16-12(21)11(13-17-5-7-22(13)2)19-14(23)20-15-18-8-10(25-15)9-24-3/h4-8,11H,9H2,1-3H3,(H2,18,19,20,23). The molecule has 9 nitrogen and oxygen atoms in total. The van der Waals surface area contributed by atoms with Crippen molar-refractivity contribution in [3.8, 4) is 0 Å². The summed E-state index contributed by atoms with van der Waals surface area (Å²) in [5.74, 6) is 1.37. The molecule has 0 spiro atoms. The fraction of sp³-hybridized carbons (Fsp3) is 0.333. The van der Waals surface area contributed by atoms with Gasteiger partial charge in [0.2, 0.25) is 0 Å². The first-order chi connectivity index (χ1) is 12.1. The molecule has 0 bridgehead atoms. The second kappa shape index (κ2) is 7.45. The number of imidazole rings is 2. The average molecular weight is 361 g/mol. The number of ether oxygens (including phenoxy) is 1. The molecule has 0 unspecified atom stereocenters. The maximum absolute atomic E-state index is 12.4. The molecule has 10 heteroatoms. The van der Waals surface area contributed by atoms with E-state index in [1.54, 1.807) is 25.7 Å². The number of urea groups is 1. The number of thiazole rings is 1. The number of aromatic nitrogens is 5. The zero-order valence-electron chi connectivity index (χ0n) is 14.1. The lowest BCUT2D eigenvalue weighted by molar-refractivity contribution is 0.187. The van der Waals surface area contributed by atoms with Crippen molar-refractivity contribution in [2.45, 2.75) is 12.6 Å². The van der Waals surface area contributed by atoms with Gasteiger partial charge in [-0.15, -0.1) is 0 Å². The number of carbonyl (C=O) groups is 1. The van der Waals surface area contributed by atoms with Crippen LogP contribution in [-0.4, -0.2) is 37.2 Å². The van der Waals surface area contributed by atoms with Gasteiger partial charge in [0.1, 0.15) is 17.7 Å². The minimum Gasteiger partial charge on any atom is -0.379 e. The fourth-order valence-corrected chi connectivity index (χ4v) is 3.17. The summed E-state index contributed by atoms with van der Waals surface area (Å²) in [4.78, 5) is 26.2. The van der Waals surface area contributed by atoms with E-state index in [1.165, 1.54) is 11.3 Å². The molecule has 3 heterocycles. The maximum Gasteiger partial charge on any atom is 0.321 e. The van der Waals surface area contributed by atoms with E-state index in [0.717, 1.165) is 4.88 Å². The summed E-state index contributed by atoms with van der Waals surface area (Å²) < 4.78 is 8.75. The zero-order chi connectivity index (χ0) is 17.8. The SMILES string of the molecule is COCc1cnc(NC(=O)NC(c2nccn2C)c2nccn2C)s1. The maximum atomic E-state index is 12.4. The van der Waals surface area contributed by atoms with Crippen LogP contribution in [0, 0.1) is 0 Å². The monoisotopic (exact) mass is 361 g/mol. The number of nitrogens with zero attached hydrogens (tertiary/aromatic N) is 5. The predicted octanol–water partition coefficient (Wildman–Crippen LogP) is 1.67. The van der Waals surface area contributed by atoms with Crippen LogP contribution in [-0.2, 0) is 25.4 Å². The Morgan fingerprint density at radius 1 is 1.20 bits per heavy atom. The van der Waals surface area contributed by atoms with Crippen molar-refractivity contribution in [2.24, 2.45) is 14.1 Å². The summed E-state index contributed by atoms with van der Waals surface area (Å²) in [7, 11) is 5.36. The van der Waals surface area contributed by atoms with Crippen LogP contribution in [0.1, 0.15) is 22.6 Å². The van der Waals surface area contributed by atoms with E-state index in [0.29, 0.717) is 23.4 Å². The van der Waals surface area contributed by atoms with Gasteiger partial charge in [0, 0.05) is 52.2 Å². The third-order valence-electron chi connectivity index (χ3n) is 3.57. The van der Waals surface area contributed by atoms with Crippen molar-refractivity contribution in [3.05, 3.63) is 47.5 Å². The van der Waals surface area contributed by atoms with Crippen LogP contribution in [0.5, 0.6) is 0 Å². The molecule has 2 N–H and O–H groups in total. The first-order valence-electron chi connectivity index (χ1n) is 7.54. The summed E-state index contributed by atoms with van der Waals surface area (Å²) in [6.45, 7) is 0.462. The number of amides is 2. The van der Waals surface area contributed by atoms with Crippen LogP contribution in [0.4, 0.5) is 9.93 Å². The minimum absolute atomic E-state index is 0.380. The lowest BCUT2D eigenvalue weighted by Crippen LogP contribution is -2.35. The Bertz CT molecular complexity index is 813. The Hall–Kier alpha value is -2.72. The van der Waals surface area contributed by atoms with Gasteiger partial charge < -0.3 is 19.2 Å². The van der Waals surface area contributed by atoms with Gasteiger partial charge in [0.05, 0.1) is 11.5 Å². The summed E-state index contributed by atoms with van der Waals surface area (Å²) in [5, 5.41) is 6.16. The summed E-state index contributed by atoms with van der Waals surface area (Å²) in [6.07, 6.45) is 8.69. The second-order valence-electron chi connectivity index (χ2n) is 5.39. The summed E-state index contributed by atoms with van der Waals surface area (Å²) in [6, 6.07) is -0.868. The zero-order valence-corrected chi connectivity index (χ0v) is 14.9. The van der Waals surface area contributed by atoms with E-state index in [9.17, 15) is 4.79 Å². The lowest BCUT2D eigenvalue weighted by atomic mass is 10.2. The highest BCUT2D eigenvalue weighted by Gasteiger charge is 2.24. The molecule has 25 heavy (non-hydrogen) atoms. The molecule has 3 aromatic rings. The number of aryl methyl sites for hydroxylation is 2. The number of carbonyl (C=O) groups excluding carboxylic acids is 1. The largest absolute Gasteiger partial charge is 0.379 e. The smallest absolute Gasteiger partial charge is 0.321 e. The lowest BCUT2D eigenvalue weighted by Gasteiger charge is -2.18. The molecular formula is C15H19N7O2S. The molecule has 0 saturated carbocycles. The van der Waals surface area contributed by atoms with Crippen molar-refractivity contribution in [2.75, 3.05) is 12.4 Å². The molecule has 0 fully saturated rings. The van der Waals surface area contributed by atoms with E-state index in [4.69, 9.17) is 4.74 Å². The molecule has 0 aliphatic heterocycles. The Labute approximate surface area is 148 Å². The third kappa shape index (κ3) is 3.86. The predicted molar refractivity (Wildman–Crippen MR) is 93.2 cm³/mol. The van der Waals surface area contributed by atoms with Crippen molar-refractivity contribution < 1.29 is 9.53 Å². The van der Waals surface area contributed by atoms with Crippen LogP contribution in [0.25, 0.3) is 0 Å². The molecule has 3 rings (SSSR count). The van der Waals surface area contributed by atoms with Gasteiger partial charge in [-0.25, -0.2) is 19.7 Å². The first kappa shape index (κ1) is 17.1. The average Bonchev–Trinajstić information content (AvgIpc) is 3.28. The topological polar surface area (TPSA) is 98.9 Å². The summed E-state index contributed by atoms with van der Waals surface area (Å²) in [5.41, 5.74) is 0. The van der Waals surface area contributed by atoms with Crippen LogP contribution in [0.2, 0.25) is 0 Å². The quantitative estimate of drug-likeness (QED) is 0.696. The van der Waals surface area contributed by atoms with Crippen LogP contribution >= 0.6 is 11.3 Å². The number of methoxy groups -OCH3 is 1. The molecule has 0 atom stereocenters. The molecule has 3 aromatic heterocycles. The van der Waals surface area contributed by atoms with Gasteiger partial charge in [-0.3, -0.25) is 5.32 Å². The van der Waals surface area contributed by atoms with Crippen molar-refractivity contribution in [1.82, 2.24) is 29.4 Å². The number of rotatable bonds is 6. The molecule has 132 valence electrons. The van der Waals surface area contributed by atoms with E-state index in [-0.39, 0.29) is 6.03 Å². The van der Waals surface area contributed by atoms with E-state index in [1.807, 2.05) is 35.6 Å². The molecule has 0 aliphatic carbocycles. The van der Waals surface area contributed by atoms with Gasteiger partial charge in [0.25, 0.3) is 0 Å². The minimum atomic E-state index is -0.488. The number of nitrogens with one attached hydrogen (secondary N) is 2. The molecule has 0 saturated heterocycles. The van der Waals surface area contributed by atoms with Crippen LogP contribution < -0.4 is 10.6 Å². The van der Waals surface area contributed by atoms with Gasteiger partial charge >= 0.3 is 6.03 Å². The Morgan fingerprint density at radius 2 is 1.84 bits per heavy atom. The highest BCUT2D eigenvalue weighted by molar-refractivity contribution is 7.15. The highest BCUT2D eigenvalue weighted by Crippen LogP contribution is 2.21. The number of hydrogen-bond acceptors (Lipinski definition) is 6. The van der Waals surface area contributed by atoms with Crippen molar-refractivity contribution >= 4 is 22.5 Å². The molecule has 2 amide bonds. The molecule has 0 aliphatic rings. The Morgan fingerprint density at radius 3 is 2.36 bits per heavy atom. The van der Waals surface area contributed by atoms with E-state index < -0.39 is 6.04 Å². The van der Waals surface area contributed by atoms with Gasteiger partial charge in [-0.05, 0) is 0 Å². The number of hydrogen-bond donors (Lipinski definition) is 2. The van der Waals surface area contributed by atoms with Crippen LogP contribution in [0.15, 0.2) is 31.0 Å². The summed E-state index contributed by atoms with van der Waals surface area (Å²) >= 11 is 1.36. The van der Waals surface area contributed by atoms with Gasteiger partial charge in [-0.1, -0.05) is 11.3 Å². The normalized spacial score (nSPS) is 11.0. The van der Waals surface area contributed by atoms with Crippen molar-refractivity contribution in [3.63, 3.8) is 0 Å². The van der Waals surface area contributed by atoms with E-state index >= 15 is 0 Å². The first-order valence-corrected chi connectivity index (χ1v) is 8.35. The Balaban J connectivity index is 1.77. The van der Waals surface area contributed by atoms with Crippen molar-refractivity contribution in [1.29, 1.82) is 0 Å². The molecule has 0 radical (unpaired) electrons. The Kier molecular flexibility index (Phi) is 5.10. The van der Waals surface area contributed by atoms with Crippen LogP contribution in [0.3, 0.4) is 0 Å². The molecular weight excluding hydrogens is 342 g/mol. The second-order valence-corrected chi connectivity index (χ2v) is 6.50. The molecule has 0 aromatic carbocycles. The third-order valence-corrected chi connectivity index (χ3v) is 4.46. The van der Waals surface area contributed by atoms with E-state index in [2.05, 4.69) is 25.6 Å². The van der Waals surface area contributed by atoms with Gasteiger partial charge in [-0.2, -0.15) is 0 Å². The fourth-order valence-electron chi connectivity index (χ4n) is 2.39. The van der Waals surface area contributed by atoms with Gasteiger partial charge in [0.15, 0.2) is 5.13 Å².